The Labute approximate surface area is 198 Å². The average molecular weight is 479 g/mol. The molecule has 4 rings (SSSR count). The van der Waals surface area contributed by atoms with Crippen LogP contribution in [0.2, 0.25) is 5.02 Å². The van der Waals surface area contributed by atoms with Crippen LogP contribution in [0.1, 0.15) is 48.1 Å². The fourth-order valence-corrected chi connectivity index (χ4v) is 4.60. The molecule has 0 aliphatic carbocycles. The second kappa shape index (κ2) is 10.6. The molecular formula is C25H31ClO7. The lowest BCUT2D eigenvalue weighted by Gasteiger charge is -2.41. The normalized spacial score (nSPS) is 27.6. The Hall–Kier alpha value is -1.87. The van der Waals surface area contributed by atoms with Crippen molar-refractivity contribution in [3.63, 3.8) is 0 Å². The number of benzene rings is 2. The maximum atomic E-state index is 10.8. The maximum absolute atomic E-state index is 10.8. The molecule has 2 aliphatic heterocycles. The van der Waals surface area contributed by atoms with Gasteiger partial charge in [-0.05, 0) is 48.4 Å². The van der Waals surface area contributed by atoms with Crippen molar-refractivity contribution in [3.05, 3.63) is 57.6 Å². The van der Waals surface area contributed by atoms with Gasteiger partial charge in [-0.25, -0.2) is 0 Å². The highest BCUT2D eigenvalue weighted by atomic mass is 35.5. The molecule has 0 aromatic heterocycles. The second-order valence-corrected chi connectivity index (χ2v) is 8.98. The van der Waals surface area contributed by atoms with Gasteiger partial charge in [0.05, 0.1) is 24.8 Å². The van der Waals surface area contributed by atoms with Crippen molar-refractivity contribution in [1.29, 1.82) is 0 Å². The number of halogens is 1. The summed E-state index contributed by atoms with van der Waals surface area (Å²) in [5, 5.41) is 41.4. The van der Waals surface area contributed by atoms with Crippen LogP contribution in [-0.2, 0) is 17.6 Å². The number of ether oxygens (including phenoxy) is 3. The van der Waals surface area contributed by atoms with Crippen molar-refractivity contribution in [2.45, 2.75) is 63.1 Å². The first-order valence-corrected chi connectivity index (χ1v) is 11.8. The van der Waals surface area contributed by atoms with Gasteiger partial charge in [0.1, 0.15) is 30.5 Å². The molecule has 0 radical (unpaired) electrons. The number of fused-ring (bicyclic) bond motifs is 1. The van der Waals surface area contributed by atoms with Crippen molar-refractivity contribution in [2.75, 3.05) is 19.8 Å². The summed E-state index contributed by atoms with van der Waals surface area (Å²) in [5.74, 6) is 0.736. The number of hydrogen-bond donors (Lipinski definition) is 4. The fraction of sp³-hybridized carbons (Fsp3) is 0.520. The minimum atomic E-state index is -1.49. The van der Waals surface area contributed by atoms with Crippen molar-refractivity contribution in [3.8, 4) is 11.5 Å². The van der Waals surface area contributed by atoms with Crippen molar-refractivity contribution >= 4 is 11.6 Å². The van der Waals surface area contributed by atoms with Gasteiger partial charge in [0, 0.05) is 5.56 Å². The van der Waals surface area contributed by atoms with Crippen LogP contribution >= 0.6 is 11.6 Å². The quantitative estimate of drug-likeness (QED) is 0.523. The van der Waals surface area contributed by atoms with Crippen molar-refractivity contribution in [1.82, 2.24) is 0 Å². The minimum absolute atomic E-state index is 0.356. The maximum Gasteiger partial charge on any atom is 0.180 e. The Bertz CT molecular complexity index is 947. The first-order chi connectivity index (χ1) is 15.9. The molecule has 5 unspecified atom stereocenters. The molecule has 1 saturated heterocycles. The third-order valence-corrected chi connectivity index (χ3v) is 6.75. The van der Waals surface area contributed by atoms with E-state index in [1.807, 2.05) is 0 Å². The molecule has 0 amide bonds. The van der Waals surface area contributed by atoms with Gasteiger partial charge in [-0.2, -0.15) is 0 Å². The number of aliphatic hydroxyl groups excluding tert-OH is 4. The number of hydrogen-bond acceptors (Lipinski definition) is 7. The van der Waals surface area contributed by atoms with Gasteiger partial charge in [0.15, 0.2) is 11.5 Å². The van der Waals surface area contributed by atoms with Crippen LogP contribution < -0.4 is 9.47 Å². The van der Waals surface area contributed by atoms with E-state index in [9.17, 15) is 20.4 Å². The van der Waals surface area contributed by atoms with E-state index in [2.05, 4.69) is 31.2 Å². The fourth-order valence-electron chi connectivity index (χ4n) is 4.33. The van der Waals surface area contributed by atoms with Crippen LogP contribution in [0.3, 0.4) is 0 Å². The van der Waals surface area contributed by atoms with Crippen molar-refractivity contribution < 1.29 is 34.6 Å². The monoisotopic (exact) mass is 478 g/mol. The molecular weight excluding hydrogens is 448 g/mol. The summed E-state index contributed by atoms with van der Waals surface area (Å²) in [4.78, 5) is 0. The molecule has 5 atom stereocenters. The predicted molar refractivity (Wildman–Crippen MR) is 123 cm³/mol. The molecule has 7 nitrogen and oxygen atoms in total. The summed E-state index contributed by atoms with van der Waals surface area (Å²) in [5.41, 5.74) is 3.52. The Morgan fingerprint density at radius 2 is 1.55 bits per heavy atom. The Morgan fingerprint density at radius 3 is 2.18 bits per heavy atom. The molecule has 0 spiro atoms. The van der Waals surface area contributed by atoms with E-state index in [-0.39, 0.29) is 0 Å². The van der Waals surface area contributed by atoms with Gasteiger partial charge < -0.3 is 34.6 Å². The molecule has 8 heteroatoms. The molecule has 180 valence electrons. The third kappa shape index (κ3) is 4.99. The highest BCUT2D eigenvalue weighted by molar-refractivity contribution is 6.33. The third-order valence-electron chi connectivity index (χ3n) is 6.34. The van der Waals surface area contributed by atoms with Gasteiger partial charge in [-0.1, -0.05) is 42.8 Å². The first-order valence-electron chi connectivity index (χ1n) is 11.4. The average Bonchev–Trinajstić information content (AvgIpc) is 2.81. The van der Waals surface area contributed by atoms with E-state index in [0.29, 0.717) is 41.7 Å². The van der Waals surface area contributed by atoms with E-state index in [4.69, 9.17) is 25.8 Å². The summed E-state index contributed by atoms with van der Waals surface area (Å²) in [6.45, 7) is 2.50. The molecule has 4 N–H and O–H groups in total. The SMILES string of the molecule is CCc1ccc(Cc2cc(C3OC(CO)C(O)C(O)C3O)c3c(c2Cl)OCCCCO3)cc1. The predicted octanol–water partition coefficient (Wildman–Crippen LogP) is 2.56. The number of aliphatic hydroxyl groups is 4. The summed E-state index contributed by atoms with van der Waals surface area (Å²) < 4.78 is 17.8. The van der Waals surface area contributed by atoms with Crippen LogP contribution in [0, 0.1) is 0 Å². The summed E-state index contributed by atoms with van der Waals surface area (Å²) in [7, 11) is 0. The number of rotatable bonds is 5. The molecule has 0 bridgehead atoms. The highest BCUT2D eigenvalue weighted by Crippen LogP contribution is 2.47. The minimum Gasteiger partial charge on any atom is -0.489 e. The van der Waals surface area contributed by atoms with Gasteiger partial charge >= 0.3 is 0 Å². The smallest absolute Gasteiger partial charge is 0.180 e. The van der Waals surface area contributed by atoms with E-state index in [1.54, 1.807) is 6.07 Å². The summed E-state index contributed by atoms with van der Waals surface area (Å²) in [6.07, 6.45) is -3.37. The second-order valence-electron chi connectivity index (χ2n) is 8.60. The van der Waals surface area contributed by atoms with Crippen LogP contribution in [0.5, 0.6) is 11.5 Å². The lowest BCUT2D eigenvalue weighted by atomic mass is 9.89. The van der Waals surface area contributed by atoms with Gasteiger partial charge in [0.2, 0.25) is 0 Å². The Kier molecular flexibility index (Phi) is 7.79. The molecule has 0 saturated carbocycles. The molecule has 2 aromatic rings. The van der Waals surface area contributed by atoms with Crippen molar-refractivity contribution in [2.24, 2.45) is 0 Å². The van der Waals surface area contributed by atoms with E-state index >= 15 is 0 Å². The topological polar surface area (TPSA) is 109 Å². The van der Waals surface area contributed by atoms with E-state index in [1.165, 1.54) is 5.56 Å². The summed E-state index contributed by atoms with van der Waals surface area (Å²) >= 11 is 6.78. The van der Waals surface area contributed by atoms with Crippen LogP contribution in [-0.4, -0.2) is 64.7 Å². The standard InChI is InChI=1S/C25H31ClO7/c1-2-14-5-7-15(8-6-14)11-16-12-17(23-22(30)21(29)20(28)18(13-27)33-23)24-25(19(16)26)32-10-4-3-9-31-24/h5-8,12,18,20-23,27-30H,2-4,9-11,13H2,1H3. The molecule has 33 heavy (non-hydrogen) atoms. The van der Waals surface area contributed by atoms with Gasteiger partial charge in [-0.15, -0.1) is 0 Å². The van der Waals surface area contributed by atoms with E-state index < -0.39 is 37.1 Å². The lowest BCUT2D eigenvalue weighted by Crippen LogP contribution is -2.55. The zero-order valence-corrected chi connectivity index (χ0v) is 19.4. The van der Waals surface area contributed by atoms with E-state index in [0.717, 1.165) is 30.4 Å². The lowest BCUT2D eigenvalue weighted by molar-refractivity contribution is -0.232. The Morgan fingerprint density at radius 1 is 0.909 bits per heavy atom. The molecule has 2 aliphatic rings. The Balaban J connectivity index is 1.78. The highest BCUT2D eigenvalue weighted by Gasteiger charge is 2.45. The van der Waals surface area contributed by atoms with Crippen LogP contribution in [0.25, 0.3) is 0 Å². The molecule has 1 fully saturated rings. The van der Waals surface area contributed by atoms with Gasteiger partial charge in [0.25, 0.3) is 0 Å². The van der Waals surface area contributed by atoms with Gasteiger partial charge in [-0.3, -0.25) is 0 Å². The first kappa shape index (κ1) is 24.3. The number of aryl methyl sites for hydroxylation is 1. The molecule has 2 aromatic carbocycles. The van der Waals surface area contributed by atoms with Crippen LogP contribution in [0.15, 0.2) is 30.3 Å². The zero-order valence-electron chi connectivity index (χ0n) is 18.6. The van der Waals surface area contributed by atoms with Crippen LogP contribution in [0.4, 0.5) is 0 Å². The summed E-state index contributed by atoms with van der Waals surface area (Å²) in [6, 6.07) is 10.1. The zero-order chi connectivity index (χ0) is 23.5. The largest absolute Gasteiger partial charge is 0.489 e. The molecule has 2 heterocycles.